The Morgan fingerprint density at radius 3 is 2.66 bits per heavy atom. The van der Waals surface area contributed by atoms with Crippen LogP contribution in [0, 0.1) is 10.1 Å². The van der Waals surface area contributed by atoms with Gasteiger partial charge in [0.25, 0.3) is 5.69 Å². The number of halogens is 1. The fourth-order valence-corrected chi connectivity index (χ4v) is 3.67. The molecule has 1 aromatic heterocycles. The van der Waals surface area contributed by atoms with E-state index in [0.717, 1.165) is 0 Å². The van der Waals surface area contributed by atoms with Gasteiger partial charge in [0, 0.05) is 41.3 Å². The number of ether oxygens (including phenoxy) is 1. The molecule has 4 rings (SSSR count). The van der Waals surface area contributed by atoms with E-state index >= 15 is 0 Å². The molecule has 0 radical (unpaired) electrons. The van der Waals surface area contributed by atoms with Crippen LogP contribution in [0.5, 0.6) is 5.88 Å². The zero-order chi connectivity index (χ0) is 22.7. The van der Waals surface area contributed by atoms with Gasteiger partial charge in [0.15, 0.2) is 5.69 Å². The summed E-state index contributed by atoms with van der Waals surface area (Å²) in [7, 11) is 0. The van der Waals surface area contributed by atoms with E-state index < -0.39 is 4.92 Å². The Labute approximate surface area is 193 Å². The Morgan fingerprint density at radius 2 is 1.97 bits per heavy atom. The van der Waals surface area contributed by atoms with Crippen molar-refractivity contribution in [3.63, 3.8) is 0 Å². The van der Waals surface area contributed by atoms with Gasteiger partial charge >= 0.3 is 0 Å². The van der Waals surface area contributed by atoms with Crippen LogP contribution in [0.4, 0.5) is 17.1 Å². The van der Waals surface area contributed by atoms with Gasteiger partial charge in [-0.15, -0.1) is 10.2 Å². The summed E-state index contributed by atoms with van der Waals surface area (Å²) in [5, 5.41) is 34.3. The van der Waals surface area contributed by atoms with E-state index in [1.165, 1.54) is 12.1 Å². The number of rotatable bonds is 5. The Kier molecular flexibility index (Phi) is 6.61. The molecule has 2 N–H and O–H groups in total. The molecule has 2 aromatic carbocycles. The number of hydrogen-bond donors (Lipinski definition) is 2. The summed E-state index contributed by atoms with van der Waals surface area (Å²) < 4.78 is 7.02. The van der Waals surface area contributed by atoms with Crippen LogP contribution in [-0.2, 0) is 11.4 Å². The number of fused-ring (bicyclic) bond motifs is 1. The molecule has 10 nitrogen and oxygen atoms in total. The van der Waals surface area contributed by atoms with E-state index in [4.69, 9.17) is 28.6 Å². The number of nitrogens with one attached hydrogen (secondary N) is 1. The maximum Gasteiger partial charge on any atom is 0.270 e. The number of aromatic hydroxyl groups is 1. The van der Waals surface area contributed by atoms with Crippen molar-refractivity contribution >= 4 is 56.9 Å². The number of non-ortho nitro benzene ring substituents is 1. The van der Waals surface area contributed by atoms with Gasteiger partial charge in [-0.2, -0.15) is 0 Å². The van der Waals surface area contributed by atoms with Gasteiger partial charge in [-0.05, 0) is 42.5 Å². The van der Waals surface area contributed by atoms with Crippen molar-refractivity contribution in [1.29, 1.82) is 0 Å². The molecule has 0 saturated carbocycles. The van der Waals surface area contributed by atoms with Crippen LogP contribution in [0.25, 0.3) is 10.9 Å². The van der Waals surface area contributed by atoms with Crippen molar-refractivity contribution in [3.05, 3.63) is 57.6 Å². The van der Waals surface area contributed by atoms with E-state index in [0.29, 0.717) is 54.6 Å². The molecule has 1 aliphatic rings. The van der Waals surface area contributed by atoms with Gasteiger partial charge in [-0.25, -0.2) is 0 Å². The summed E-state index contributed by atoms with van der Waals surface area (Å²) in [6, 6.07) is 11.2. The minimum absolute atomic E-state index is 0.0613. The molecule has 0 aliphatic carbocycles. The molecule has 0 bridgehead atoms. The van der Waals surface area contributed by atoms with Crippen molar-refractivity contribution in [2.75, 3.05) is 31.6 Å². The topological polar surface area (TPSA) is 118 Å². The molecule has 3 aromatic rings. The molecule has 12 heteroatoms. The third kappa shape index (κ3) is 4.86. The first-order valence-electron chi connectivity index (χ1n) is 9.70. The summed E-state index contributed by atoms with van der Waals surface area (Å²) in [6.45, 7) is 2.99. The van der Waals surface area contributed by atoms with Crippen LogP contribution in [0.15, 0.2) is 52.7 Å². The fourth-order valence-electron chi connectivity index (χ4n) is 3.39. The van der Waals surface area contributed by atoms with Crippen LogP contribution in [0.1, 0.15) is 0 Å². The first-order chi connectivity index (χ1) is 15.4. The number of nitro groups is 1. The van der Waals surface area contributed by atoms with Crippen molar-refractivity contribution in [1.82, 2.24) is 9.47 Å². The average molecular weight is 475 g/mol. The Balaban J connectivity index is 1.66. The number of nitrogens with zero attached hydrogens (tertiary/aromatic N) is 5. The third-order valence-corrected chi connectivity index (χ3v) is 5.42. The second-order valence-electron chi connectivity index (χ2n) is 7.07. The predicted molar refractivity (Wildman–Crippen MR) is 125 cm³/mol. The number of thiocarbonyl (C=S) groups is 1. The van der Waals surface area contributed by atoms with Gasteiger partial charge in [0.2, 0.25) is 11.0 Å². The Hall–Kier alpha value is -3.12. The van der Waals surface area contributed by atoms with Crippen LogP contribution in [0.3, 0.4) is 0 Å². The quantitative estimate of drug-likeness (QED) is 0.238. The molecule has 1 fully saturated rings. The lowest BCUT2D eigenvalue weighted by Crippen LogP contribution is -2.37. The molecule has 0 atom stereocenters. The Morgan fingerprint density at radius 1 is 1.25 bits per heavy atom. The molecule has 32 heavy (non-hydrogen) atoms. The molecule has 1 saturated heterocycles. The molecular formula is C20H19ClN6O4S. The molecule has 166 valence electrons. The Bertz CT molecular complexity index is 1190. The van der Waals surface area contributed by atoms with E-state index in [1.807, 2.05) is 0 Å². The maximum absolute atomic E-state index is 11.3. The molecule has 0 spiro atoms. The number of benzene rings is 2. The third-order valence-electron chi connectivity index (χ3n) is 4.99. The SMILES string of the molecule is O=[N+]([O-])c1ccc2c(c1)c(N=NC(=S)Nc1ccc(Cl)cc1)c(O)n2CN1CCOCC1. The van der Waals surface area contributed by atoms with Gasteiger partial charge < -0.3 is 15.2 Å². The van der Waals surface area contributed by atoms with Crippen molar-refractivity contribution in [3.8, 4) is 5.88 Å². The highest BCUT2D eigenvalue weighted by atomic mass is 35.5. The molecule has 1 aliphatic heterocycles. The lowest BCUT2D eigenvalue weighted by Gasteiger charge is -2.27. The van der Waals surface area contributed by atoms with Gasteiger partial charge in [0.05, 0.1) is 30.3 Å². The summed E-state index contributed by atoms with van der Waals surface area (Å²) >= 11 is 11.1. The smallest absolute Gasteiger partial charge is 0.270 e. The molecular weight excluding hydrogens is 456 g/mol. The van der Waals surface area contributed by atoms with E-state index in [-0.39, 0.29) is 22.4 Å². The first-order valence-corrected chi connectivity index (χ1v) is 10.5. The van der Waals surface area contributed by atoms with Crippen LogP contribution in [0.2, 0.25) is 5.02 Å². The molecule has 0 amide bonds. The van der Waals surface area contributed by atoms with Crippen molar-refractivity contribution in [2.45, 2.75) is 6.67 Å². The minimum atomic E-state index is -0.497. The summed E-state index contributed by atoms with van der Waals surface area (Å²) in [5.74, 6) is -0.148. The highest BCUT2D eigenvalue weighted by molar-refractivity contribution is 7.80. The van der Waals surface area contributed by atoms with E-state index in [2.05, 4.69) is 20.4 Å². The predicted octanol–water partition coefficient (Wildman–Crippen LogP) is 4.68. The van der Waals surface area contributed by atoms with E-state index in [1.54, 1.807) is 34.9 Å². The lowest BCUT2D eigenvalue weighted by atomic mass is 10.2. The lowest BCUT2D eigenvalue weighted by molar-refractivity contribution is -0.384. The maximum atomic E-state index is 11.3. The largest absolute Gasteiger partial charge is 0.493 e. The number of morpholine rings is 1. The standard InChI is InChI=1S/C20H19ClN6O4S/c21-13-1-3-14(4-2-13)22-20(32)24-23-18-16-11-15(27(29)30)5-6-17(16)26(19(18)28)12-25-7-9-31-10-8-25/h1-6,11,28H,7-10,12H2,(H,22,32). The highest BCUT2D eigenvalue weighted by Crippen LogP contribution is 2.40. The second-order valence-corrected chi connectivity index (χ2v) is 7.89. The van der Waals surface area contributed by atoms with Crippen molar-refractivity contribution < 1.29 is 14.8 Å². The molecule has 0 unspecified atom stereocenters. The number of aromatic nitrogens is 1. The van der Waals surface area contributed by atoms with Crippen molar-refractivity contribution in [2.24, 2.45) is 10.2 Å². The number of azo groups is 1. The summed E-state index contributed by atoms with van der Waals surface area (Å²) in [6.07, 6.45) is 0. The van der Waals surface area contributed by atoms with E-state index in [9.17, 15) is 15.2 Å². The number of anilines is 1. The van der Waals surface area contributed by atoms with Gasteiger partial charge in [0.1, 0.15) is 0 Å². The number of nitro benzene ring substituents is 1. The van der Waals surface area contributed by atoms with Gasteiger partial charge in [-0.1, -0.05) is 11.6 Å². The van der Waals surface area contributed by atoms with Crippen LogP contribution < -0.4 is 5.32 Å². The molecule has 2 heterocycles. The van der Waals surface area contributed by atoms with Crippen LogP contribution >= 0.6 is 23.8 Å². The number of hydrogen-bond acceptors (Lipinski definition) is 7. The zero-order valence-corrected chi connectivity index (χ0v) is 18.3. The minimum Gasteiger partial charge on any atom is -0.493 e. The second kappa shape index (κ2) is 9.57. The zero-order valence-electron chi connectivity index (χ0n) is 16.8. The monoisotopic (exact) mass is 474 g/mol. The fraction of sp³-hybridized carbons (Fsp3) is 0.250. The summed E-state index contributed by atoms with van der Waals surface area (Å²) in [4.78, 5) is 12.9. The average Bonchev–Trinajstić information content (AvgIpc) is 3.05. The van der Waals surface area contributed by atoms with Crippen LogP contribution in [-0.4, -0.2) is 50.9 Å². The van der Waals surface area contributed by atoms with Gasteiger partial charge in [-0.3, -0.25) is 19.6 Å². The highest BCUT2D eigenvalue weighted by Gasteiger charge is 2.22. The normalized spacial score (nSPS) is 14.8. The summed E-state index contributed by atoms with van der Waals surface area (Å²) in [5.41, 5.74) is 1.27. The first kappa shape index (κ1) is 22.1.